The Morgan fingerprint density at radius 1 is 1.15 bits per heavy atom. The fraction of sp³-hybridized carbons (Fsp3) is 0.458. The fourth-order valence-electron chi connectivity index (χ4n) is 4.84. The summed E-state index contributed by atoms with van der Waals surface area (Å²) in [5, 5.41) is 3.85. The van der Waals surface area contributed by atoms with Crippen molar-refractivity contribution in [2.75, 3.05) is 44.4 Å². The van der Waals surface area contributed by atoms with E-state index in [1.807, 2.05) is 25.4 Å². The lowest BCUT2D eigenvalue weighted by molar-refractivity contribution is -0.0884. The van der Waals surface area contributed by atoms with Crippen molar-refractivity contribution in [1.82, 2.24) is 24.4 Å². The molecule has 3 aromatic heterocycles. The number of likely N-dealkylation sites (N-methyl/N-ethyl adjacent to an activating group) is 2. The minimum Gasteiger partial charge on any atom is -0.372 e. The highest BCUT2D eigenvalue weighted by atomic mass is 16.1. The van der Waals surface area contributed by atoms with Crippen molar-refractivity contribution in [1.29, 1.82) is 0 Å². The number of Topliss-reactive ketones (excluding diaryl/α,β-unsaturated/α-hetero) is 1. The van der Waals surface area contributed by atoms with Crippen LogP contribution in [0.2, 0.25) is 0 Å². The van der Waals surface area contributed by atoms with Crippen molar-refractivity contribution in [3.8, 4) is 0 Å². The second-order valence-electron chi connectivity index (χ2n) is 9.68. The largest absolute Gasteiger partial charge is 0.372 e. The van der Waals surface area contributed by atoms with Gasteiger partial charge in [-0.25, -0.2) is 9.97 Å². The Balaban J connectivity index is 1.44. The summed E-state index contributed by atoms with van der Waals surface area (Å²) >= 11 is 0. The molecule has 3 heterocycles. The lowest BCUT2D eigenvalue weighted by atomic mass is 9.49. The van der Waals surface area contributed by atoms with Gasteiger partial charge in [-0.1, -0.05) is 0 Å². The van der Waals surface area contributed by atoms with Crippen LogP contribution in [0.3, 0.4) is 0 Å². The number of rotatable bonds is 8. The van der Waals surface area contributed by atoms with E-state index in [4.69, 9.17) is 0 Å². The molecule has 0 unspecified atom stereocenters. The molecule has 6 rings (SSSR count). The number of fused-ring (bicyclic) bond motifs is 1. The van der Waals surface area contributed by atoms with Crippen LogP contribution in [0.4, 0.5) is 17.5 Å². The summed E-state index contributed by atoms with van der Waals surface area (Å²) in [6.07, 6.45) is 6.40. The van der Waals surface area contributed by atoms with Gasteiger partial charge in [0.25, 0.3) is 5.56 Å². The van der Waals surface area contributed by atoms with Crippen molar-refractivity contribution in [2.45, 2.75) is 31.7 Å². The molecule has 2 bridgehead atoms. The first-order chi connectivity index (χ1) is 15.8. The number of hydrogen-bond donors (Lipinski definition) is 1. The molecular formula is C24H29N7O2. The molecule has 0 spiro atoms. The number of aromatic nitrogens is 4. The highest BCUT2D eigenvalue weighted by molar-refractivity contribution is 5.96. The smallest absolute Gasteiger partial charge is 0.263 e. The third kappa shape index (κ3) is 3.76. The summed E-state index contributed by atoms with van der Waals surface area (Å²) in [6.45, 7) is 3.29. The molecule has 9 nitrogen and oxygen atoms in total. The SMILES string of the molecule is CC(=O)c1cc2cnc(Nc3ccc(N(C)CCN(C)C)cn3)nc2n(C23CC(C2)C3)c1=O. The molecule has 0 atom stereocenters. The standard InChI is InChI=1S/C24H29N7O2/c1-15(32)19-9-17-13-26-23(28-21(17)31(22(19)33)24-10-16(11-24)12-24)27-20-6-5-18(14-25-20)30(4)8-7-29(2)3/h5-6,9,13-14,16H,7-8,10-12H2,1-4H3,(H,25,26,27,28). The van der Waals surface area contributed by atoms with E-state index in [9.17, 15) is 9.59 Å². The number of nitrogens with zero attached hydrogens (tertiary/aromatic N) is 6. The zero-order valence-electron chi connectivity index (χ0n) is 19.5. The average molecular weight is 448 g/mol. The molecule has 3 fully saturated rings. The Morgan fingerprint density at radius 2 is 1.91 bits per heavy atom. The van der Waals surface area contributed by atoms with Gasteiger partial charge in [-0.3, -0.25) is 14.2 Å². The normalized spacial score (nSPS) is 20.9. The van der Waals surface area contributed by atoms with Gasteiger partial charge in [0.2, 0.25) is 5.95 Å². The van der Waals surface area contributed by atoms with E-state index in [-0.39, 0.29) is 22.4 Å². The van der Waals surface area contributed by atoms with Gasteiger partial charge in [0.15, 0.2) is 5.78 Å². The zero-order valence-corrected chi connectivity index (χ0v) is 19.5. The Hall–Kier alpha value is -3.33. The second-order valence-corrected chi connectivity index (χ2v) is 9.68. The molecule has 3 aliphatic carbocycles. The highest BCUT2D eigenvalue weighted by Gasteiger charge is 2.59. The number of carbonyl (C=O) groups is 1. The zero-order chi connectivity index (χ0) is 23.3. The Morgan fingerprint density at radius 3 is 2.48 bits per heavy atom. The Kier molecular flexibility index (Phi) is 5.16. The second kappa shape index (κ2) is 7.91. The summed E-state index contributed by atoms with van der Waals surface area (Å²) in [7, 11) is 6.15. The van der Waals surface area contributed by atoms with Crippen molar-refractivity contribution >= 4 is 34.3 Å². The van der Waals surface area contributed by atoms with Gasteiger partial charge in [-0.2, -0.15) is 4.98 Å². The predicted octanol–water partition coefficient (Wildman–Crippen LogP) is 2.64. The Labute approximate surface area is 192 Å². The van der Waals surface area contributed by atoms with Gasteiger partial charge >= 0.3 is 0 Å². The lowest BCUT2D eigenvalue weighted by Crippen LogP contribution is -2.62. The van der Waals surface area contributed by atoms with E-state index in [1.165, 1.54) is 6.92 Å². The van der Waals surface area contributed by atoms with Gasteiger partial charge in [-0.15, -0.1) is 0 Å². The van der Waals surface area contributed by atoms with E-state index in [0.717, 1.165) is 38.0 Å². The third-order valence-corrected chi connectivity index (χ3v) is 6.91. The highest BCUT2D eigenvalue weighted by Crippen LogP contribution is 2.62. The maximum absolute atomic E-state index is 13.2. The maximum atomic E-state index is 13.2. The monoisotopic (exact) mass is 447 g/mol. The molecule has 0 aromatic carbocycles. The van der Waals surface area contributed by atoms with Crippen LogP contribution >= 0.6 is 0 Å². The minimum absolute atomic E-state index is 0.200. The molecule has 0 amide bonds. The molecule has 0 radical (unpaired) electrons. The van der Waals surface area contributed by atoms with E-state index >= 15 is 0 Å². The van der Waals surface area contributed by atoms with Crippen LogP contribution in [0.25, 0.3) is 11.0 Å². The first-order valence-electron chi connectivity index (χ1n) is 11.3. The number of anilines is 3. The van der Waals surface area contributed by atoms with E-state index in [2.05, 4.69) is 44.2 Å². The number of ketones is 1. The van der Waals surface area contributed by atoms with E-state index in [1.54, 1.807) is 16.8 Å². The third-order valence-electron chi connectivity index (χ3n) is 6.91. The first-order valence-corrected chi connectivity index (χ1v) is 11.3. The van der Waals surface area contributed by atoms with Crippen molar-refractivity contribution in [2.24, 2.45) is 5.92 Å². The van der Waals surface area contributed by atoms with Crippen molar-refractivity contribution in [3.63, 3.8) is 0 Å². The van der Waals surface area contributed by atoms with Crippen LogP contribution < -0.4 is 15.8 Å². The van der Waals surface area contributed by atoms with Crippen LogP contribution in [0.5, 0.6) is 0 Å². The molecule has 3 aliphatic rings. The summed E-state index contributed by atoms with van der Waals surface area (Å²) in [5.41, 5.74) is 1.35. The average Bonchev–Trinajstić information content (AvgIpc) is 2.72. The van der Waals surface area contributed by atoms with Gasteiger partial charge in [0, 0.05) is 31.7 Å². The van der Waals surface area contributed by atoms with Crippen LogP contribution in [-0.4, -0.2) is 64.4 Å². The van der Waals surface area contributed by atoms with E-state index in [0.29, 0.717) is 28.7 Å². The van der Waals surface area contributed by atoms with Crippen LogP contribution in [0, 0.1) is 5.92 Å². The fourth-order valence-corrected chi connectivity index (χ4v) is 4.84. The molecule has 1 N–H and O–H groups in total. The summed E-state index contributed by atoms with van der Waals surface area (Å²) in [6, 6.07) is 5.51. The Bertz CT molecular complexity index is 1270. The molecule has 9 heteroatoms. The van der Waals surface area contributed by atoms with Gasteiger partial charge in [0.05, 0.1) is 23.0 Å². The van der Waals surface area contributed by atoms with E-state index < -0.39 is 0 Å². The topological polar surface area (TPSA) is 96.2 Å². The molecule has 172 valence electrons. The number of carbonyl (C=O) groups excluding carboxylic acids is 1. The molecule has 3 aromatic rings. The van der Waals surface area contributed by atoms with Crippen molar-refractivity contribution < 1.29 is 4.79 Å². The number of pyridine rings is 2. The van der Waals surface area contributed by atoms with Crippen LogP contribution in [0.1, 0.15) is 36.5 Å². The van der Waals surface area contributed by atoms with Gasteiger partial charge < -0.3 is 15.1 Å². The van der Waals surface area contributed by atoms with Gasteiger partial charge in [0.1, 0.15) is 11.5 Å². The van der Waals surface area contributed by atoms with Crippen LogP contribution in [0.15, 0.2) is 35.4 Å². The predicted molar refractivity (Wildman–Crippen MR) is 128 cm³/mol. The molecular weight excluding hydrogens is 418 g/mol. The molecule has 0 saturated heterocycles. The van der Waals surface area contributed by atoms with Gasteiger partial charge in [-0.05, 0) is 64.4 Å². The van der Waals surface area contributed by atoms with Crippen LogP contribution in [-0.2, 0) is 5.54 Å². The molecule has 33 heavy (non-hydrogen) atoms. The lowest BCUT2D eigenvalue weighted by Gasteiger charge is -2.62. The maximum Gasteiger partial charge on any atom is 0.263 e. The number of hydrogen-bond acceptors (Lipinski definition) is 8. The minimum atomic E-state index is -0.249. The first kappa shape index (κ1) is 21.5. The summed E-state index contributed by atoms with van der Waals surface area (Å²) in [5.74, 6) is 1.45. The number of nitrogens with one attached hydrogen (secondary N) is 1. The quantitative estimate of drug-likeness (QED) is 0.527. The van der Waals surface area contributed by atoms with Crippen molar-refractivity contribution in [3.05, 3.63) is 46.5 Å². The summed E-state index contributed by atoms with van der Waals surface area (Å²) in [4.78, 5) is 43.2. The molecule has 0 aliphatic heterocycles. The molecule has 3 saturated carbocycles. The summed E-state index contributed by atoms with van der Waals surface area (Å²) < 4.78 is 1.75.